The number of phenolic OH excluding ortho intramolecular Hbond substituents is 1. The van der Waals surface area contributed by atoms with Crippen LogP contribution in [-0.2, 0) is 26.2 Å². The zero-order valence-corrected chi connectivity index (χ0v) is 10.2. The molecule has 0 amide bonds. The summed E-state index contributed by atoms with van der Waals surface area (Å²) in [4.78, 5) is 0. The van der Waals surface area contributed by atoms with Crippen molar-refractivity contribution in [3.8, 4) is 5.75 Å². The van der Waals surface area contributed by atoms with Crippen LogP contribution in [0.25, 0.3) is 0 Å². The van der Waals surface area contributed by atoms with E-state index >= 15 is 0 Å². The Bertz CT molecular complexity index is 236. The molecule has 1 aromatic carbocycles. The van der Waals surface area contributed by atoms with Crippen molar-refractivity contribution in [2.24, 2.45) is 0 Å². The molecule has 1 N–H and O–H groups in total. The van der Waals surface area contributed by atoms with Crippen LogP contribution in [0, 0.1) is 6.92 Å². The maximum atomic E-state index is 9.24. The van der Waals surface area contributed by atoms with E-state index < -0.39 is 0 Å². The molecule has 1 rings (SSSR count). The molecule has 0 radical (unpaired) electrons. The Balaban J connectivity index is 0.00000121. The molecule has 0 spiro atoms. The first kappa shape index (κ1) is 11.9. The fourth-order valence-corrected chi connectivity index (χ4v) is 1.13. The average Bonchev–Trinajstić information content (AvgIpc) is 1.85. The van der Waals surface area contributed by atoms with Crippen LogP contribution >= 0.6 is 0 Å². The molecule has 12 heavy (non-hydrogen) atoms. The molecule has 64 valence electrons. The summed E-state index contributed by atoms with van der Waals surface area (Å²) < 4.78 is 0. The average molecular weight is 241 g/mol. The zero-order chi connectivity index (χ0) is 8.43. The van der Waals surface area contributed by atoms with Crippen LogP contribution in [0.5, 0.6) is 5.75 Å². The molecule has 0 aliphatic rings. The van der Waals surface area contributed by atoms with Gasteiger partial charge in [0.15, 0.2) is 0 Å². The van der Waals surface area contributed by atoms with Gasteiger partial charge in [-0.1, -0.05) is 19.9 Å². The van der Waals surface area contributed by atoms with E-state index in [2.05, 4.69) is 19.9 Å². The smallest absolute Gasteiger partial charge is 0.116 e. The summed E-state index contributed by atoms with van der Waals surface area (Å²) in [6, 6.07) is 5.69. The van der Waals surface area contributed by atoms with Crippen molar-refractivity contribution in [3.05, 3.63) is 29.3 Å². The monoisotopic (exact) mass is 240 g/mol. The number of aromatic hydroxyl groups is 1. The van der Waals surface area contributed by atoms with Crippen molar-refractivity contribution >= 4 is 0 Å². The minimum absolute atomic E-state index is 0. The number of rotatable bonds is 1. The summed E-state index contributed by atoms with van der Waals surface area (Å²) in [6.07, 6.45) is 0. The van der Waals surface area contributed by atoms with Crippen LogP contribution in [0.1, 0.15) is 30.9 Å². The Morgan fingerprint density at radius 2 is 1.75 bits per heavy atom. The molecule has 1 nitrogen and oxygen atoms in total. The largest absolute Gasteiger partial charge is 0.508 e. The van der Waals surface area contributed by atoms with E-state index in [-0.39, 0.29) is 26.2 Å². The van der Waals surface area contributed by atoms with E-state index in [9.17, 15) is 5.11 Å². The molecule has 0 atom stereocenters. The molecule has 0 saturated carbocycles. The molecule has 2 heteroatoms. The van der Waals surface area contributed by atoms with Gasteiger partial charge in [-0.15, -0.1) is 0 Å². The van der Waals surface area contributed by atoms with Crippen LogP contribution in [0.4, 0.5) is 0 Å². The molecule has 0 aromatic heterocycles. The van der Waals surface area contributed by atoms with Gasteiger partial charge in [0, 0.05) is 26.2 Å². The number of hydrogen-bond donors (Lipinski definition) is 1. The first-order chi connectivity index (χ1) is 5.09. The van der Waals surface area contributed by atoms with Crippen LogP contribution in [0.2, 0.25) is 0 Å². The standard InChI is InChI=1S/C10H14O.Zr/c1-7(2)9-4-8(3)5-10(11)6-9;/h4-7,11H,1-3H3;. The predicted octanol–water partition coefficient (Wildman–Crippen LogP) is 2.82. The molecule has 1 aromatic rings. The van der Waals surface area contributed by atoms with Gasteiger partial charge in [0.25, 0.3) is 0 Å². The van der Waals surface area contributed by atoms with E-state index in [1.54, 1.807) is 6.07 Å². The van der Waals surface area contributed by atoms with E-state index in [1.807, 2.05) is 13.0 Å². The Hall–Kier alpha value is -0.0969. The third-order valence-electron chi connectivity index (χ3n) is 1.75. The van der Waals surface area contributed by atoms with Gasteiger partial charge in [0.2, 0.25) is 0 Å². The van der Waals surface area contributed by atoms with E-state index in [1.165, 1.54) is 5.56 Å². The fraction of sp³-hybridized carbons (Fsp3) is 0.400. The van der Waals surface area contributed by atoms with Crippen molar-refractivity contribution in [2.75, 3.05) is 0 Å². The summed E-state index contributed by atoms with van der Waals surface area (Å²) in [5.41, 5.74) is 2.32. The normalized spacial score (nSPS) is 9.67. The van der Waals surface area contributed by atoms with Crippen molar-refractivity contribution < 1.29 is 31.3 Å². The quantitative estimate of drug-likeness (QED) is 0.801. The van der Waals surface area contributed by atoms with Crippen molar-refractivity contribution in [1.82, 2.24) is 0 Å². The third-order valence-corrected chi connectivity index (χ3v) is 1.75. The topological polar surface area (TPSA) is 20.2 Å². The zero-order valence-electron chi connectivity index (χ0n) is 7.76. The van der Waals surface area contributed by atoms with Gasteiger partial charge in [-0.3, -0.25) is 0 Å². The van der Waals surface area contributed by atoms with Crippen LogP contribution in [-0.4, -0.2) is 5.11 Å². The van der Waals surface area contributed by atoms with Crippen molar-refractivity contribution in [3.63, 3.8) is 0 Å². The van der Waals surface area contributed by atoms with E-state index in [0.717, 1.165) is 5.56 Å². The SMILES string of the molecule is Cc1cc(O)cc(C(C)C)c1.[Zr]. The minimum Gasteiger partial charge on any atom is -0.508 e. The molecule has 0 aliphatic carbocycles. The number of aryl methyl sites for hydroxylation is 1. The van der Waals surface area contributed by atoms with Gasteiger partial charge in [-0.05, 0) is 36.1 Å². The Morgan fingerprint density at radius 1 is 1.17 bits per heavy atom. The molecule has 0 fully saturated rings. The summed E-state index contributed by atoms with van der Waals surface area (Å²) in [5.74, 6) is 0.856. The molecule has 0 saturated heterocycles. The number of phenols is 1. The third kappa shape index (κ3) is 3.10. The molecule has 0 aliphatic heterocycles. The van der Waals surface area contributed by atoms with Crippen LogP contribution < -0.4 is 0 Å². The van der Waals surface area contributed by atoms with Crippen LogP contribution in [0.3, 0.4) is 0 Å². The van der Waals surface area contributed by atoms with Gasteiger partial charge in [0.1, 0.15) is 5.75 Å². The Morgan fingerprint density at radius 3 is 2.17 bits per heavy atom. The maximum Gasteiger partial charge on any atom is 0.116 e. The number of benzene rings is 1. The number of hydrogen-bond acceptors (Lipinski definition) is 1. The van der Waals surface area contributed by atoms with Gasteiger partial charge in [0.05, 0.1) is 0 Å². The first-order valence-corrected chi connectivity index (χ1v) is 3.90. The van der Waals surface area contributed by atoms with Gasteiger partial charge < -0.3 is 5.11 Å². The summed E-state index contributed by atoms with van der Waals surface area (Å²) in [6.45, 7) is 6.23. The van der Waals surface area contributed by atoms with E-state index in [4.69, 9.17) is 0 Å². The first-order valence-electron chi connectivity index (χ1n) is 3.90. The molecule has 0 bridgehead atoms. The van der Waals surface area contributed by atoms with Gasteiger partial charge >= 0.3 is 0 Å². The predicted molar refractivity (Wildman–Crippen MR) is 46.9 cm³/mol. The van der Waals surface area contributed by atoms with Crippen molar-refractivity contribution in [1.29, 1.82) is 0 Å². The van der Waals surface area contributed by atoms with Gasteiger partial charge in [-0.25, -0.2) is 0 Å². The Labute approximate surface area is 92.9 Å². The summed E-state index contributed by atoms with van der Waals surface area (Å²) in [7, 11) is 0. The minimum atomic E-state index is 0. The van der Waals surface area contributed by atoms with E-state index in [0.29, 0.717) is 11.7 Å². The summed E-state index contributed by atoms with van der Waals surface area (Å²) in [5, 5.41) is 9.24. The fourth-order valence-electron chi connectivity index (χ4n) is 1.13. The molecule has 0 unspecified atom stereocenters. The second-order valence-electron chi connectivity index (χ2n) is 3.26. The molecular weight excluding hydrogens is 227 g/mol. The van der Waals surface area contributed by atoms with Gasteiger partial charge in [-0.2, -0.15) is 0 Å². The molecular formula is C10H14OZr. The second-order valence-corrected chi connectivity index (χ2v) is 3.26. The van der Waals surface area contributed by atoms with Crippen molar-refractivity contribution in [2.45, 2.75) is 26.7 Å². The Kier molecular flexibility index (Phi) is 4.78. The molecule has 0 heterocycles. The summed E-state index contributed by atoms with van der Waals surface area (Å²) >= 11 is 0. The van der Waals surface area contributed by atoms with Crippen LogP contribution in [0.15, 0.2) is 18.2 Å². The maximum absolute atomic E-state index is 9.24. The second kappa shape index (κ2) is 4.81.